The lowest BCUT2D eigenvalue weighted by atomic mass is 10.1. The number of ether oxygens (including phenoxy) is 2. The van der Waals surface area contributed by atoms with Gasteiger partial charge in [0.2, 0.25) is 0 Å². The van der Waals surface area contributed by atoms with Gasteiger partial charge in [-0.05, 0) is 31.0 Å². The maximum absolute atomic E-state index is 12.1. The predicted molar refractivity (Wildman–Crippen MR) is 79.6 cm³/mol. The van der Waals surface area contributed by atoms with Crippen LogP contribution in [0.4, 0.5) is 0 Å². The number of hydrogen-bond acceptors (Lipinski definition) is 4. The van der Waals surface area contributed by atoms with E-state index in [0.29, 0.717) is 30.5 Å². The van der Waals surface area contributed by atoms with Crippen LogP contribution in [-0.4, -0.2) is 54.9 Å². The molecule has 1 fully saturated rings. The van der Waals surface area contributed by atoms with Crippen molar-refractivity contribution in [3.63, 3.8) is 0 Å². The highest BCUT2D eigenvalue weighted by atomic mass is 35.5. The van der Waals surface area contributed by atoms with Crippen molar-refractivity contribution in [1.82, 2.24) is 4.90 Å². The van der Waals surface area contributed by atoms with Gasteiger partial charge in [0.1, 0.15) is 5.75 Å². The number of rotatable bonds is 6. The molecule has 0 aromatic heterocycles. The Labute approximate surface area is 129 Å². The van der Waals surface area contributed by atoms with E-state index in [4.69, 9.17) is 26.2 Å². The molecule has 0 atom stereocenters. The van der Waals surface area contributed by atoms with Crippen molar-refractivity contribution in [2.75, 3.05) is 32.9 Å². The van der Waals surface area contributed by atoms with Crippen molar-refractivity contribution >= 4 is 17.5 Å². The molecule has 1 aromatic rings. The van der Waals surface area contributed by atoms with Crippen molar-refractivity contribution in [1.29, 1.82) is 0 Å². The number of nitrogens with zero attached hydrogens (tertiary/aromatic N) is 1. The zero-order chi connectivity index (χ0) is 15.1. The van der Waals surface area contributed by atoms with E-state index >= 15 is 0 Å². The van der Waals surface area contributed by atoms with Gasteiger partial charge in [0.15, 0.2) is 6.61 Å². The summed E-state index contributed by atoms with van der Waals surface area (Å²) in [5.74, 6) is 0.563. The molecule has 0 unspecified atom stereocenters. The van der Waals surface area contributed by atoms with Gasteiger partial charge in [-0.15, -0.1) is 0 Å². The van der Waals surface area contributed by atoms with Gasteiger partial charge in [-0.3, -0.25) is 4.79 Å². The topological polar surface area (TPSA) is 59.0 Å². The molecule has 21 heavy (non-hydrogen) atoms. The Morgan fingerprint density at radius 3 is 2.81 bits per heavy atom. The number of likely N-dealkylation sites (tertiary alicyclic amines) is 1. The zero-order valence-electron chi connectivity index (χ0n) is 11.8. The number of amides is 1. The highest BCUT2D eigenvalue weighted by molar-refractivity contribution is 6.30. The molecule has 1 saturated heterocycles. The van der Waals surface area contributed by atoms with Crippen LogP contribution < -0.4 is 4.74 Å². The minimum atomic E-state index is -0.0319. The summed E-state index contributed by atoms with van der Waals surface area (Å²) in [6, 6.07) is 7.00. The predicted octanol–water partition coefficient (Wildman–Crippen LogP) is 1.72. The number of hydrogen-bond donors (Lipinski definition) is 1. The van der Waals surface area contributed by atoms with Gasteiger partial charge in [0.05, 0.1) is 19.3 Å². The summed E-state index contributed by atoms with van der Waals surface area (Å²) in [7, 11) is 0. The molecule has 0 saturated carbocycles. The molecular weight excluding hydrogens is 294 g/mol. The Balaban J connectivity index is 1.72. The molecule has 0 bridgehead atoms. The molecule has 1 aliphatic rings. The van der Waals surface area contributed by atoms with Gasteiger partial charge >= 0.3 is 0 Å². The molecular formula is C15H20ClNO4. The van der Waals surface area contributed by atoms with Crippen LogP contribution in [0.3, 0.4) is 0 Å². The number of piperidine rings is 1. The Kier molecular flexibility index (Phi) is 6.29. The van der Waals surface area contributed by atoms with Crippen LogP contribution in [0.1, 0.15) is 12.8 Å². The molecule has 1 aliphatic heterocycles. The third-order valence-corrected chi connectivity index (χ3v) is 3.63. The van der Waals surface area contributed by atoms with Gasteiger partial charge in [-0.2, -0.15) is 0 Å². The van der Waals surface area contributed by atoms with E-state index in [1.165, 1.54) is 0 Å². The Morgan fingerprint density at radius 1 is 1.38 bits per heavy atom. The molecule has 2 rings (SSSR count). The average Bonchev–Trinajstić information content (AvgIpc) is 2.51. The summed E-state index contributed by atoms with van der Waals surface area (Å²) in [5, 5.41) is 9.30. The fourth-order valence-corrected chi connectivity index (χ4v) is 2.46. The summed E-state index contributed by atoms with van der Waals surface area (Å²) in [5.41, 5.74) is 0. The van der Waals surface area contributed by atoms with Gasteiger partial charge in [-0.1, -0.05) is 17.7 Å². The maximum atomic E-state index is 12.1. The van der Waals surface area contributed by atoms with Crippen LogP contribution in [0.2, 0.25) is 5.02 Å². The minimum Gasteiger partial charge on any atom is -0.484 e. The first-order valence-electron chi connectivity index (χ1n) is 7.07. The third kappa shape index (κ3) is 5.19. The van der Waals surface area contributed by atoms with E-state index in [2.05, 4.69) is 0 Å². The fraction of sp³-hybridized carbons (Fsp3) is 0.533. The molecule has 0 spiro atoms. The molecule has 1 aromatic carbocycles. The van der Waals surface area contributed by atoms with Crippen molar-refractivity contribution in [2.45, 2.75) is 18.9 Å². The number of aliphatic hydroxyl groups is 1. The smallest absolute Gasteiger partial charge is 0.260 e. The van der Waals surface area contributed by atoms with Gasteiger partial charge < -0.3 is 19.5 Å². The lowest BCUT2D eigenvalue weighted by Crippen LogP contribution is -2.43. The first-order valence-corrected chi connectivity index (χ1v) is 7.45. The van der Waals surface area contributed by atoms with Crippen molar-refractivity contribution in [2.24, 2.45) is 0 Å². The molecule has 1 N–H and O–H groups in total. The number of carbonyl (C=O) groups is 1. The molecule has 1 heterocycles. The third-order valence-electron chi connectivity index (χ3n) is 3.40. The molecule has 6 heteroatoms. The summed E-state index contributed by atoms with van der Waals surface area (Å²) in [6.45, 7) is 1.73. The number of halogens is 1. The summed E-state index contributed by atoms with van der Waals surface area (Å²) >= 11 is 5.86. The van der Waals surface area contributed by atoms with Crippen molar-refractivity contribution in [3.8, 4) is 5.75 Å². The van der Waals surface area contributed by atoms with Crippen LogP contribution in [0.25, 0.3) is 0 Å². The second-order valence-corrected chi connectivity index (χ2v) is 5.36. The lowest BCUT2D eigenvalue weighted by molar-refractivity contribution is -0.136. The van der Waals surface area contributed by atoms with Crippen LogP contribution in [-0.2, 0) is 9.53 Å². The zero-order valence-corrected chi connectivity index (χ0v) is 12.6. The number of carbonyl (C=O) groups excluding carboxylic acids is 1. The SMILES string of the molecule is O=C(COc1cccc(Cl)c1)N1CCC(OCCO)CC1. The van der Waals surface area contributed by atoms with Gasteiger partial charge in [-0.25, -0.2) is 0 Å². The van der Waals surface area contributed by atoms with E-state index in [9.17, 15) is 4.79 Å². The second kappa shape index (κ2) is 8.22. The van der Waals surface area contributed by atoms with E-state index in [1.54, 1.807) is 29.2 Å². The second-order valence-electron chi connectivity index (χ2n) is 4.92. The van der Waals surface area contributed by atoms with Crippen LogP contribution in [0.15, 0.2) is 24.3 Å². The van der Waals surface area contributed by atoms with E-state index in [0.717, 1.165) is 12.8 Å². The van der Waals surface area contributed by atoms with E-state index in [-0.39, 0.29) is 25.2 Å². The largest absolute Gasteiger partial charge is 0.484 e. The monoisotopic (exact) mass is 313 g/mol. The Bertz CT molecular complexity index is 461. The summed E-state index contributed by atoms with van der Waals surface area (Å²) < 4.78 is 10.9. The number of benzene rings is 1. The van der Waals surface area contributed by atoms with E-state index in [1.807, 2.05) is 0 Å². The maximum Gasteiger partial charge on any atom is 0.260 e. The average molecular weight is 314 g/mol. The highest BCUT2D eigenvalue weighted by Crippen LogP contribution is 2.18. The first kappa shape index (κ1) is 16.1. The standard InChI is InChI=1S/C15H20ClNO4/c16-12-2-1-3-14(10-12)21-11-15(19)17-6-4-13(5-7-17)20-9-8-18/h1-3,10,13,18H,4-9,11H2. The van der Waals surface area contributed by atoms with Gasteiger partial charge in [0.25, 0.3) is 5.91 Å². The van der Waals surface area contributed by atoms with Crippen LogP contribution in [0.5, 0.6) is 5.75 Å². The molecule has 1 amide bonds. The Morgan fingerprint density at radius 2 is 2.14 bits per heavy atom. The quantitative estimate of drug-likeness (QED) is 0.869. The van der Waals surface area contributed by atoms with Crippen molar-refractivity contribution < 1.29 is 19.4 Å². The number of aliphatic hydroxyl groups excluding tert-OH is 1. The fourth-order valence-electron chi connectivity index (χ4n) is 2.28. The van der Waals surface area contributed by atoms with Crippen LogP contribution in [0, 0.1) is 0 Å². The molecule has 0 radical (unpaired) electrons. The van der Waals surface area contributed by atoms with E-state index < -0.39 is 0 Å². The first-order chi connectivity index (χ1) is 10.2. The highest BCUT2D eigenvalue weighted by Gasteiger charge is 2.23. The molecule has 5 nitrogen and oxygen atoms in total. The van der Waals surface area contributed by atoms with Crippen molar-refractivity contribution in [3.05, 3.63) is 29.3 Å². The minimum absolute atomic E-state index is 0.0164. The normalized spacial score (nSPS) is 16.0. The van der Waals surface area contributed by atoms with Crippen LogP contribution >= 0.6 is 11.6 Å². The molecule has 116 valence electrons. The molecule has 0 aliphatic carbocycles. The van der Waals surface area contributed by atoms with Gasteiger partial charge in [0, 0.05) is 18.1 Å². The summed E-state index contributed by atoms with van der Waals surface area (Å²) in [4.78, 5) is 13.8. The Hall–Kier alpha value is -1.30. The summed E-state index contributed by atoms with van der Waals surface area (Å²) in [6.07, 6.45) is 1.72. The lowest BCUT2D eigenvalue weighted by Gasteiger charge is -2.31.